The number of aromatic nitrogens is 1. The second-order valence-corrected chi connectivity index (χ2v) is 8.58. The van der Waals surface area contributed by atoms with E-state index in [1.807, 2.05) is 51.1 Å². The van der Waals surface area contributed by atoms with Gasteiger partial charge in [-0.3, -0.25) is 0 Å². The van der Waals surface area contributed by atoms with Crippen LogP contribution in [0.5, 0.6) is 0 Å². The van der Waals surface area contributed by atoms with E-state index < -0.39 is 5.97 Å². The highest BCUT2D eigenvalue weighted by Gasteiger charge is 2.21. The zero-order chi connectivity index (χ0) is 20.3. The summed E-state index contributed by atoms with van der Waals surface area (Å²) >= 11 is 6.80. The first-order valence-electron chi connectivity index (χ1n) is 8.60. The van der Waals surface area contributed by atoms with Crippen LogP contribution in [0, 0.1) is 0 Å². The maximum absolute atomic E-state index is 12.2. The van der Waals surface area contributed by atoms with Crippen LogP contribution < -0.4 is 10.6 Å². The smallest absolute Gasteiger partial charge is 0.340 e. The van der Waals surface area contributed by atoms with Gasteiger partial charge >= 0.3 is 5.97 Å². The van der Waals surface area contributed by atoms with Gasteiger partial charge in [0.15, 0.2) is 10.9 Å². The number of rotatable bonds is 4. The normalized spacial score (nSPS) is 11.1. The van der Waals surface area contributed by atoms with Crippen molar-refractivity contribution in [3.63, 3.8) is 0 Å². The lowest BCUT2D eigenvalue weighted by Crippen LogP contribution is -2.20. The number of nitrogens with one attached hydrogen (secondary N) is 2. The second kappa shape index (κ2) is 8.12. The van der Waals surface area contributed by atoms with Gasteiger partial charge in [-0.2, -0.15) is 0 Å². The number of hydrogen-bond acceptors (Lipinski definition) is 6. The molecule has 1 aromatic carbocycles. The molecule has 0 aliphatic heterocycles. The molecule has 0 atom stereocenters. The first kappa shape index (κ1) is 20.0. The third-order valence-corrected chi connectivity index (χ3v) is 5.22. The monoisotopic (exact) mass is 415 g/mol. The highest BCUT2D eigenvalue weighted by Crippen LogP contribution is 2.36. The van der Waals surface area contributed by atoms with Gasteiger partial charge in [-0.05, 0) is 23.8 Å². The van der Waals surface area contributed by atoms with Gasteiger partial charge in [-0.15, -0.1) is 11.3 Å². The lowest BCUT2D eigenvalue weighted by molar-refractivity contribution is 0.0602. The van der Waals surface area contributed by atoms with Crippen molar-refractivity contribution in [2.75, 3.05) is 17.7 Å². The SMILES string of the molecule is COC(=O)c1cc(-c2ccccc2)sc1NC(=S)Nc1cc(C(C)(C)C)on1. The van der Waals surface area contributed by atoms with E-state index in [0.717, 1.165) is 16.2 Å². The number of carbonyl (C=O) groups excluding carboxylic acids is 1. The summed E-state index contributed by atoms with van der Waals surface area (Å²) in [6.45, 7) is 6.10. The van der Waals surface area contributed by atoms with E-state index in [4.69, 9.17) is 21.5 Å². The van der Waals surface area contributed by atoms with Crippen molar-refractivity contribution < 1.29 is 14.1 Å². The Labute approximate surface area is 172 Å². The number of nitrogens with zero attached hydrogens (tertiary/aromatic N) is 1. The molecule has 2 aromatic heterocycles. The van der Waals surface area contributed by atoms with E-state index in [-0.39, 0.29) is 5.41 Å². The van der Waals surface area contributed by atoms with Gasteiger partial charge in [0.25, 0.3) is 0 Å². The number of thiocarbonyl (C=S) groups is 1. The molecule has 2 N–H and O–H groups in total. The number of hydrogen-bond donors (Lipinski definition) is 2. The van der Waals surface area contributed by atoms with Crippen molar-refractivity contribution in [2.45, 2.75) is 26.2 Å². The molecular weight excluding hydrogens is 394 g/mol. The average molecular weight is 416 g/mol. The predicted octanol–water partition coefficient (Wildman–Crippen LogP) is 5.30. The van der Waals surface area contributed by atoms with Gasteiger partial charge in [-0.1, -0.05) is 56.3 Å². The summed E-state index contributed by atoms with van der Waals surface area (Å²) in [4.78, 5) is 13.1. The first-order chi connectivity index (χ1) is 13.3. The van der Waals surface area contributed by atoms with Crippen molar-refractivity contribution in [1.82, 2.24) is 5.16 Å². The summed E-state index contributed by atoms with van der Waals surface area (Å²) in [6.07, 6.45) is 0. The van der Waals surface area contributed by atoms with Gasteiger partial charge in [0, 0.05) is 16.4 Å². The van der Waals surface area contributed by atoms with Crippen LogP contribution in [0.25, 0.3) is 10.4 Å². The van der Waals surface area contributed by atoms with Crippen LogP contribution in [0.3, 0.4) is 0 Å². The zero-order valence-corrected chi connectivity index (χ0v) is 17.7. The van der Waals surface area contributed by atoms with Crippen molar-refractivity contribution in [3.8, 4) is 10.4 Å². The number of esters is 1. The summed E-state index contributed by atoms with van der Waals surface area (Å²) in [5, 5.41) is 10.9. The maximum Gasteiger partial charge on any atom is 0.340 e. The van der Waals surface area contributed by atoms with E-state index in [1.165, 1.54) is 18.4 Å². The average Bonchev–Trinajstić information content (AvgIpc) is 3.29. The van der Waals surface area contributed by atoms with Crippen LogP contribution in [-0.2, 0) is 10.2 Å². The Morgan fingerprint density at radius 3 is 2.50 bits per heavy atom. The van der Waals surface area contributed by atoms with Gasteiger partial charge in [0.05, 0.1) is 12.7 Å². The number of ether oxygens (including phenoxy) is 1. The van der Waals surface area contributed by atoms with Gasteiger partial charge in [0.1, 0.15) is 10.8 Å². The zero-order valence-electron chi connectivity index (χ0n) is 16.0. The highest BCUT2D eigenvalue weighted by molar-refractivity contribution is 7.80. The summed E-state index contributed by atoms with van der Waals surface area (Å²) in [6, 6.07) is 13.4. The lowest BCUT2D eigenvalue weighted by Gasteiger charge is -2.12. The van der Waals surface area contributed by atoms with Crippen LogP contribution >= 0.6 is 23.6 Å². The fourth-order valence-corrected chi connectivity index (χ4v) is 3.76. The molecule has 0 fully saturated rings. The van der Waals surface area contributed by atoms with E-state index in [1.54, 1.807) is 12.1 Å². The van der Waals surface area contributed by atoms with Crippen LogP contribution in [-0.4, -0.2) is 23.3 Å². The third kappa shape index (κ3) is 4.58. The predicted molar refractivity (Wildman–Crippen MR) is 116 cm³/mol. The van der Waals surface area contributed by atoms with Crippen LogP contribution in [0.15, 0.2) is 47.0 Å². The van der Waals surface area contributed by atoms with Crippen LogP contribution in [0.4, 0.5) is 10.8 Å². The van der Waals surface area contributed by atoms with E-state index in [0.29, 0.717) is 21.5 Å². The second-order valence-electron chi connectivity index (χ2n) is 7.12. The molecule has 3 rings (SSSR count). The Balaban J connectivity index is 1.80. The van der Waals surface area contributed by atoms with Crippen molar-refractivity contribution in [2.24, 2.45) is 0 Å². The summed E-state index contributed by atoms with van der Waals surface area (Å²) in [7, 11) is 1.35. The largest absolute Gasteiger partial charge is 0.465 e. The number of methoxy groups -OCH3 is 1. The molecule has 28 heavy (non-hydrogen) atoms. The third-order valence-electron chi connectivity index (χ3n) is 3.91. The summed E-state index contributed by atoms with van der Waals surface area (Å²) < 4.78 is 10.3. The lowest BCUT2D eigenvalue weighted by atomic mass is 9.93. The number of anilines is 2. The Hall–Kier alpha value is -2.71. The minimum atomic E-state index is -0.430. The fraction of sp³-hybridized carbons (Fsp3) is 0.250. The van der Waals surface area contributed by atoms with Crippen LogP contribution in [0.1, 0.15) is 36.9 Å². The van der Waals surface area contributed by atoms with E-state index in [9.17, 15) is 4.79 Å². The van der Waals surface area contributed by atoms with Crippen molar-refractivity contribution >= 4 is 45.5 Å². The minimum Gasteiger partial charge on any atom is -0.465 e. The Morgan fingerprint density at radius 2 is 1.89 bits per heavy atom. The standard InChI is InChI=1S/C20H21N3O3S2/c1-20(2,3)15-11-16(23-26-15)21-19(27)22-17-13(18(24)25-4)10-14(28-17)12-8-6-5-7-9-12/h5-11H,1-4H3,(H2,21,22,23,27). The van der Waals surface area contributed by atoms with Gasteiger partial charge in [-0.25, -0.2) is 4.79 Å². The maximum atomic E-state index is 12.2. The molecule has 0 amide bonds. The molecule has 146 valence electrons. The topological polar surface area (TPSA) is 76.4 Å². The molecule has 0 aliphatic rings. The van der Waals surface area contributed by atoms with E-state index in [2.05, 4.69) is 15.8 Å². The molecule has 8 heteroatoms. The Morgan fingerprint density at radius 1 is 1.18 bits per heavy atom. The molecular formula is C20H21N3O3S2. The highest BCUT2D eigenvalue weighted by atomic mass is 32.1. The van der Waals surface area contributed by atoms with Crippen molar-refractivity contribution in [3.05, 3.63) is 53.8 Å². The number of carbonyl (C=O) groups is 1. The summed E-state index contributed by atoms with van der Waals surface area (Å²) in [5.74, 6) is 0.817. The number of benzene rings is 1. The molecule has 0 bridgehead atoms. The molecule has 3 aromatic rings. The Bertz CT molecular complexity index is 988. The number of thiophene rings is 1. The molecule has 0 spiro atoms. The Kier molecular flexibility index (Phi) is 5.81. The van der Waals surface area contributed by atoms with Crippen molar-refractivity contribution in [1.29, 1.82) is 0 Å². The van der Waals surface area contributed by atoms with Gasteiger partial charge < -0.3 is 19.9 Å². The van der Waals surface area contributed by atoms with Crippen LogP contribution in [0.2, 0.25) is 0 Å². The molecule has 2 heterocycles. The minimum absolute atomic E-state index is 0.154. The quantitative estimate of drug-likeness (QED) is 0.442. The first-order valence-corrected chi connectivity index (χ1v) is 9.83. The molecule has 0 radical (unpaired) electrons. The van der Waals surface area contributed by atoms with Gasteiger partial charge in [0.2, 0.25) is 0 Å². The summed E-state index contributed by atoms with van der Waals surface area (Å²) in [5.41, 5.74) is 1.28. The molecule has 0 unspecified atom stereocenters. The molecule has 0 aliphatic carbocycles. The molecule has 6 nitrogen and oxygen atoms in total. The molecule has 0 saturated heterocycles. The van der Waals surface area contributed by atoms with E-state index >= 15 is 0 Å². The molecule has 0 saturated carbocycles. The fourth-order valence-electron chi connectivity index (χ4n) is 2.43.